The van der Waals surface area contributed by atoms with E-state index >= 15 is 0 Å². The molecular weight excluding hydrogens is 172 g/mol. The number of amides is 1. The Kier molecular flexibility index (Phi) is 3.72. The molecule has 74 valence electrons. The van der Waals surface area contributed by atoms with Gasteiger partial charge >= 0.3 is 6.09 Å². The topological polar surface area (TPSA) is 53.0 Å². The molecule has 1 saturated heterocycles. The summed E-state index contributed by atoms with van der Waals surface area (Å²) in [6, 6.07) is 0. The molecule has 13 heavy (non-hydrogen) atoms. The summed E-state index contributed by atoms with van der Waals surface area (Å²) in [6.45, 7) is 5.64. The molecule has 0 aromatic rings. The summed E-state index contributed by atoms with van der Waals surface area (Å²) >= 11 is 0. The summed E-state index contributed by atoms with van der Waals surface area (Å²) in [6.07, 6.45) is 1.19. The molecule has 1 N–H and O–H groups in total. The molecule has 0 spiro atoms. The number of hydrogen-bond donors (Lipinski definition) is 1. The average molecular weight is 186 g/mol. The van der Waals surface area contributed by atoms with Crippen molar-refractivity contribution in [1.82, 2.24) is 9.96 Å². The van der Waals surface area contributed by atoms with E-state index in [1.54, 1.807) is 4.90 Å². The van der Waals surface area contributed by atoms with Gasteiger partial charge in [-0.25, -0.2) is 4.79 Å². The number of hydroxylamine groups is 2. The van der Waals surface area contributed by atoms with E-state index < -0.39 is 0 Å². The third-order valence-corrected chi connectivity index (χ3v) is 1.84. The first kappa shape index (κ1) is 10.0. The molecule has 1 heterocycles. The molecule has 5 nitrogen and oxygen atoms in total. The van der Waals surface area contributed by atoms with Crippen molar-refractivity contribution in [3.8, 4) is 0 Å². The van der Waals surface area contributed by atoms with Crippen molar-refractivity contribution < 1.29 is 14.7 Å². The van der Waals surface area contributed by atoms with Gasteiger partial charge in [-0.05, 0) is 0 Å². The summed E-state index contributed by atoms with van der Waals surface area (Å²) in [4.78, 5) is 12.8. The van der Waals surface area contributed by atoms with Gasteiger partial charge in [0.25, 0.3) is 0 Å². The number of rotatable bonds is 2. The van der Waals surface area contributed by atoms with E-state index in [1.165, 1.54) is 11.1 Å². The Morgan fingerprint density at radius 1 is 1.46 bits per heavy atom. The van der Waals surface area contributed by atoms with Gasteiger partial charge in [-0.3, -0.25) is 0 Å². The Labute approximate surface area is 77.1 Å². The highest BCUT2D eigenvalue weighted by molar-refractivity contribution is 5.67. The third-order valence-electron chi connectivity index (χ3n) is 1.84. The van der Waals surface area contributed by atoms with Gasteiger partial charge in [0.05, 0.1) is 0 Å². The minimum absolute atomic E-state index is 0.234. The predicted octanol–water partition coefficient (Wildman–Crippen LogP) is 0.316. The quantitative estimate of drug-likeness (QED) is 0.631. The first-order valence-corrected chi connectivity index (χ1v) is 4.20. The molecule has 1 amide bonds. The van der Waals surface area contributed by atoms with Crippen molar-refractivity contribution >= 4 is 6.09 Å². The van der Waals surface area contributed by atoms with Crippen LogP contribution in [0.3, 0.4) is 0 Å². The lowest BCUT2D eigenvalue weighted by Gasteiger charge is -2.30. The standard InChI is InChI=1S/C8H14N2O3/c1-2-7-13-8(11)9-3-5-10(12)6-4-9/h2,12H,1,3-7H2. The van der Waals surface area contributed by atoms with Crippen molar-refractivity contribution in [2.45, 2.75) is 0 Å². The van der Waals surface area contributed by atoms with E-state index in [2.05, 4.69) is 6.58 Å². The van der Waals surface area contributed by atoms with E-state index in [0.29, 0.717) is 26.2 Å². The zero-order valence-electron chi connectivity index (χ0n) is 7.48. The number of hydrogen-bond acceptors (Lipinski definition) is 4. The third kappa shape index (κ3) is 3.04. The molecule has 1 aliphatic rings. The largest absolute Gasteiger partial charge is 0.445 e. The van der Waals surface area contributed by atoms with Gasteiger partial charge in [-0.2, -0.15) is 5.06 Å². The van der Waals surface area contributed by atoms with Gasteiger partial charge < -0.3 is 14.8 Å². The lowest BCUT2D eigenvalue weighted by molar-refractivity contribution is -0.114. The van der Waals surface area contributed by atoms with Crippen molar-refractivity contribution in [1.29, 1.82) is 0 Å². The molecular formula is C8H14N2O3. The zero-order chi connectivity index (χ0) is 9.68. The monoisotopic (exact) mass is 186 g/mol. The summed E-state index contributed by atoms with van der Waals surface area (Å²) < 4.78 is 4.83. The maximum Gasteiger partial charge on any atom is 0.410 e. The molecule has 1 fully saturated rings. The zero-order valence-corrected chi connectivity index (χ0v) is 7.48. The predicted molar refractivity (Wildman–Crippen MR) is 46.5 cm³/mol. The Hall–Kier alpha value is -1.07. The van der Waals surface area contributed by atoms with Crippen LogP contribution in [-0.4, -0.2) is 54.0 Å². The van der Waals surface area contributed by atoms with Crippen LogP contribution in [0.15, 0.2) is 12.7 Å². The molecule has 0 aromatic heterocycles. The van der Waals surface area contributed by atoms with Crippen LogP contribution in [0.1, 0.15) is 0 Å². The van der Waals surface area contributed by atoms with Crippen LogP contribution in [-0.2, 0) is 4.74 Å². The van der Waals surface area contributed by atoms with Gasteiger partial charge in [-0.1, -0.05) is 12.7 Å². The molecule has 0 unspecified atom stereocenters. The van der Waals surface area contributed by atoms with E-state index in [4.69, 9.17) is 9.94 Å². The summed E-state index contributed by atoms with van der Waals surface area (Å²) in [5.41, 5.74) is 0. The molecule has 1 rings (SSSR count). The first-order valence-electron chi connectivity index (χ1n) is 4.20. The minimum atomic E-state index is -0.340. The number of carbonyl (C=O) groups is 1. The van der Waals surface area contributed by atoms with Crippen LogP contribution in [0.2, 0.25) is 0 Å². The van der Waals surface area contributed by atoms with Crippen LogP contribution in [0.25, 0.3) is 0 Å². The highest BCUT2D eigenvalue weighted by atomic mass is 16.6. The maximum atomic E-state index is 11.2. The fourth-order valence-corrected chi connectivity index (χ4v) is 1.10. The van der Waals surface area contributed by atoms with Gasteiger partial charge in [0, 0.05) is 26.2 Å². The second kappa shape index (κ2) is 4.84. The molecule has 0 aromatic carbocycles. The molecule has 0 saturated carbocycles. The van der Waals surface area contributed by atoms with Crippen molar-refractivity contribution in [2.75, 3.05) is 32.8 Å². The minimum Gasteiger partial charge on any atom is -0.445 e. The SMILES string of the molecule is C=CCOC(=O)N1CCN(O)CC1. The molecule has 0 bridgehead atoms. The van der Waals surface area contributed by atoms with Crippen molar-refractivity contribution in [2.24, 2.45) is 0 Å². The van der Waals surface area contributed by atoms with Crippen molar-refractivity contribution in [3.05, 3.63) is 12.7 Å². The number of nitrogens with zero attached hydrogens (tertiary/aromatic N) is 2. The van der Waals surface area contributed by atoms with E-state index in [0.717, 1.165) is 0 Å². The number of piperazine rings is 1. The highest BCUT2D eigenvalue weighted by Crippen LogP contribution is 2.01. The fourth-order valence-electron chi connectivity index (χ4n) is 1.10. The Morgan fingerprint density at radius 3 is 2.62 bits per heavy atom. The van der Waals surface area contributed by atoms with Crippen LogP contribution >= 0.6 is 0 Å². The Balaban J connectivity index is 2.27. The second-order valence-corrected chi connectivity index (χ2v) is 2.81. The second-order valence-electron chi connectivity index (χ2n) is 2.81. The average Bonchev–Trinajstić information content (AvgIpc) is 2.15. The number of carbonyl (C=O) groups excluding carboxylic acids is 1. The molecule has 1 aliphatic heterocycles. The van der Waals surface area contributed by atoms with Gasteiger partial charge in [-0.15, -0.1) is 0 Å². The van der Waals surface area contributed by atoms with E-state index in [-0.39, 0.29) is 12.7 Å². The summed E-state index contributed by atoms with van der Waals surface area (Å²) in [7, 11) is 0. The molecule has 0 radical (unpaired) electrons. The van der Waals surface area contributed by atoms with Crippen LogP contribution in [0, 0.1) is 0 Å². The Bertz CT molecular complexity index is 188. The van der Waals surface area contributed by atoms with Crippen LogP contribution in [0.4, 0.5) is 4.79 Å². The van der Waals surface area contributed by atoms with Gasteiger partial charge in [0.15, 0.2) is 0 Å². The van der Waals surface area contributed by atoms with Crippen LogP contribution in [0.5, 0.6) is 0 Å². The Morgan fingerprint density at radius 2 is 2.08 bits per heavy atom. The van der Waals surface area contributed by atoms with Gasteiger partial charge in [0.2, 0.25) is 0 Å². The molecule has 5 heteroatoms. The maximum absolute atomic E-state index is 11.2. The summed E-state index contributed by atoms with van der Waals surface area (Å²) in [5.74, 6) is 0. The van der Waals surface area contributed by atoms with E-state index in [1.807, 2.05) is 0 Å². The van der Waals surface area contributed by atoms with Crippen LogP contribution < -0.4 is 0 Å². The highest BCUT2D eigenvalue weighted by Gasteiger charge is 2.20. The fraction of sp³-hybridized carbons (Fsp3) is 0.625. The lowest BCUT2D eigenvalue weighted by atomic mass is 10.4. The van der Waals surface area contributed by atoms with E-state index in [9.17, 15) is 4.79 Å². The summed E-state index contributed by atoms with van der Waals surface area (Å²) in [5, 5.41) is 10.2. The van der Waals surface area contributed by atoms with Crippen molar-refractivity contribution in [3.63, 3.8) is 0 Å². The molecule has 0 atom stereocenters. The normalized spacial score (nSPS) is 18.4. The lowest BCUT2D eigenvalue weighted by Crippen LogP contribution is -2.47. The number of ether oxygens (including phenoxy) is 1. The van der Waals surface area contributed by atoms with Gasteiger partial charge in [0.1, 0.15) is 6.61 Å². The first-order chi connectivity index (χ1) is 6.24. The smallest absolute Gasteiger partial charge is 0.410 e. The molecule has 0 aliphatic carbocycles.